The third-order valence-corrected chi connectivity index (χ3v) is 6.17. The Morgan fingerprint density at radius 2 is 1.96 bits per heavy atom. The van der Waals surface area contributed by atoms with Gasteiger partial charge in [0.05, 0.1) is 19.3 Å². The molecule has 1 N–H and O–H groups in total. The first kappa shape index (κ1) is 19.4. The van der Waals surface area contributed by atoms with E-state index in [0.717, 1.165) is 31.2 Å². The maximum atomic E-state index is 12.7. The van der Waals surface area contributed by atoms with Crippen LogP contribution in [-0.2, 0) is 17.6 Å². The van der Waals surface area contributed by atoms with Gasteiger partial charge in [-0.05, 0) is 61.9 Å². The topological polar surface area (TPSA) is 64.6 Å². The van der Waals surface area contributed by atoms with Gasteiger partial charge in [0, 0.05) is 10.4 Å². The molecule has 0 saturated carbocycles. The minimum Gasteiger partial charge on any atom is -0.497 e. The van der Waals surface area contributed by atoms with Gasteiger partial charge in [0.2, 0.25) is 0 Å². The monoisotopic (exact) mass is 387 g/mol. The van der Waals surface area contributed by atoms with Crippen LogP contribution in [-0.4, -0.2) is 25.6 Å². The average Bonchev–Trinajstić information content (AvgIpc) is 3.04. The lowest BCUT2D eigenvalue weighted by molar-refractivity contribution is 0.0526. The molecule has 0 bridgehead atoms. The van der Waals surface area contributed by atoms with E-state index >= 15 is 0 Å². The van der Waals surface area contributed by atoms with E-state index in [1.807, 2.05) is 0 Å². The van der Waals surface area contributed by atoms with Crippen molar-refractivity contribution in [3.05, 3.63) is 45.8 Å². The molecule has 1 heterocycles. The van der Waals surface area contributed by atoms with Crippen molar-refractivity contribution >= 4 is 28.2 Å². The molecular weight excluding hydrogens is 362 g/mol. The minimum absolute atomic E-state index is 0.242. The average molecular weight is 388 g/mol. The first-order valence-corrected chi connectivity index (χ1v) is 10.2. The molecule has 0 aliphatic heterocycles. The van der Waals surface area contributed by atoms with Crippen LogP contribution < -0.4 is 10.1 Å². The summed E-state index contributed by atoms with van der Waals surface area (Å²) in [5.41, 5.74) is 2.10. The van der Waals surface area contributed by atoms with Crippen LogP contribution in [0.15, 0.2) is 24.3 Å². The molecule has 1 atom stereocenters. The molecule has 1 aliphatic carbocycles. The summed E-state index contributed by atoms with van der Waals surface area (Å²) in [6.07, 6.45) is 4.01. The quantitative estimate of drug-likeness (QED) is 0.730. The van der Waals surface area contributed by atoms with Crippen LogP contribution in [0.3, 0.4) is 0 Å². The highest BCUT2D eigenvalue weighted by molar-refractivity contribution is 7.17. The third-order valence-electron chi connectivity index (χ3n) is 5.00. The van der Waals surface area contributed by atoms with Crippen LogP contribution in [0.5, 0.6) is 5.75 Å². The van der Waals surface area contributed by atoms with Gasteiger partial charge in [0.25, 0.3) is 5.91 Å². The maximum Gasteiger partial charge on any atom is 0.341 e. The molecule has 1 aliphatic rings. The van der Waals surface area contributed by atoms with Crippen molar-refractivity contribution in [1.82, 2.24) is 0 Å². The second kappa shape index (κ2) is 8.57. The molecule has 0 fully saturated rings. The van der Waals surface area contributed by atoms with Gasteiger partial charge in [-0.15, -0.1) is 11.3 Å². The van der Waals surface area contributed by atoms with Crippen molar-refractivity contribution < 1.29 is 19.1 Å². The summed E-state index contributed by atoms with van der Waals surface area (Å²) >= 11 is 1.51. The summed E-state index contributed by atoms with van der Waals surface area (Å²) in [5.74, 6) is 0.733. The number of esters is 1. The van der Waals surface area contributed by atoms with Crippen LogP contribution in [0.2, 0.25) is 0 Å². The smallest absolute Gasteiger partial charge is 0.341 e. The van der Waals surface area contributed by atoms with Crippen molar-refractivity contribution in [2.75, 3.05) is 19.0 Å². The first-order chi connectivity index (χ1) is 13.1. The molecule has 3 rings (SSSR count). The number of carbonyl (C=O) groups is 2. The summed E-state index contributed by atoms with van der Waals surface area (Å²) in [4.78, 5) is 26.4. The van der Waals surface area contributed by atoms with Crippen molar-refractivity contribution in [3.8, 4) is 5.75 Å². The summed E-state index contributed by atoms with van der Waals surface area (Å²) in [7, 11) is 1.58. The third kappa shape index (κ3) is 4.16. The van der Waals surface area contributed by atoms with Gasteiger partial charge in [-0.3, -0.25) is 4.79 Å². The van der Waals surface area contributed by atoms with Gasteiger partial charge in [-0.2, -0.15) is 0 Å². The molecule has 1 aromatic carbocycles. The second-order valence-corrected chi connectivity index (χ2v) is 7.73. The Labute approximate surface area is 163 Å². The van der Waals surface area contributed by atoms with E-state index in [9.17, 15) is 9.59 Å². The molecule has 0 radical (unpaired) electrons. The van der Waals surface area contributed by atoms with Gasteiger partial charge in [-0.1, -0.05) is 13.3 Å². The number of thiophene rings is 1. The Kier molecular flexibility index (Phi) is 6.16. The van der Waals surface area contributed by atoms with E-state index in [1.54, 1.807) is 38.3 Å². The van der Waals surface area contributed by atoms with Crippen LogP contribution in [0, 0.1) is 5.92 Å². The van der Waals surface area contributed by atoms with Gasteiger partial charge in [0.15, 0.2) is 0 Å². The van der Waals surface area contributed by atoms with Gasteiger partial charge in [0.1, 0.15) is 10.8 Å². The van der Waals surface area contributed by atoms with Crippen LogP contribution >= 0.6 is 11.3 Å². The lowest BCUT2D eigenvalue weighted by Crippen LogP contribution is -2.17. The fourth-order valence-corrected chi connectivity index (χ4v) is 4.77. The standard InChI is InChI=1S/C21H25NO4S/c1-4-13-6-11-16-17(12-13)27-20(18(16)21(24)26-5-2)22-19(23)14-7-9-15(25-3)10-8-14/h7-10,13H,4-6,11-12H2,1-3H3,(H,22,23)/t13-/m1/s1. The number of fused-ring (bicyclic) bond motifs is 1. The van der Waals surface area contributed by atoms with E-state index in [2.05, 4.69) is 12.2 Å². The number of anilines is 1. The molecule has 2 aromatic rings. The minimum atomic E-state index is -0.352. The molecule has 27 heavy (non-hydrogen) atoms. The lowest BCUT2D eigenvalue weighted by atomic mass is 9.85. The van der Waals surface area contributed by atoms with Gasteiger partial charge >= 0.3 is 5.97 Å². The van der Waals surface area contributed by atoms with Crippen molar-refractivity contribution in [2.24, 2.45) is 5.92 Å². The highest BCUT2D eigenvalue weighted by Gasteiger charge is 2.30. The number of hydrogen-bond donors (Lipinski definition) is 1. The number of methoxy groups -OCH3 is 1. The first-order valence-electron chi connectivity index (χ1n) is 9.34. The van der Waals surface area contributed by atoms with E-state index in [1.165, 1.54) is 16.2 Å². The van der Waals surface area contributed by atoms with Crippen LogP contribution in [0.4, 0.5) is 5.00 Å². The van der Waals surface area contributed by atoms with Crippen LogP contribution in [0.25, 0.3) is 0 Å². The largest absolute Gasteiger partial charge is 0.497 e. The highest BCUT2D eigenvalue weighted by atomic mass is 32.1. The zero-order chi connectivity index (χ0) is 19.4. The molecule has 5 nitrogen and oxygen atoms in total. The highest BCUT2D eigenvalue weighted by Crippen LogP contribution is 2.41. The van der Waals surface area contributed by atoms with Gasteiger partial charge in [-0.25, -0.2) is 4.79 Å². The normalized spacial score (nSPS) is 15.7. The number of benzene rings is 1. The second-order valence-electron chi connectivity index (χ2n) is 6.63. The Hall–Kier alpha value is -2.34. The van der Waals surface area contributed by atoms with E-state index in [0.29, 0.717) is 34.4 Å². The predicted molar refractivity (Wildman–Crippen MR) is 107 cm³/mol. The zero-order valence-electron chi connectivity index (χ0n) is 16.0. The molecule has 0 unspecified atom stereocenters. The zero-order valence-corrected chi connectivity index (χ0v) is 16.8. The predicted octanol–water partition coefficient (Wildman–Crippen LogP) is 4.70. The maximum absolute atomic E-state index is 12.7. The molecule has 0 saturated heterocycles. The fraction of sp³-hybridized carbons (Fsp3) is 0.429. The fourth-order valence-electron chi connectivity index (χ4n) is 3.43. The van der Waals surface area contributed by atoms with E-state index in [4.69, 9.17) is 9.47 Å². The number of rotatable bonds is 6. The Morgan fingerprint density at radius 3 is 2.59 bits per heavy atom. The van der Waals surface area contributed by atoms with Crippen molar-refractivity contribution in [3.63, 3.8) is 0 Å². The summed E-state index contributed by atoms with van der Waals surface area (Å²) in [5, 5.41) is 3.53. The van der Waals surface area contributed by atoms with Crippen LogP contribution in [0.1, 0.15) is 57.8 Å². The molecule has 0 spiro atoms. The van der Waals surface area contributed by atoms with E-state index < -0.39 is 0 Å². The molecule has 6 heteroatoms. The summed E-state index contributed by atoms with van der Waals surface area (Å²) in [6.45, 7) is 4.30. The molecule has 144 valence electrons. The number of amides is 1. The summed E-state index contributed by atoms with van der Waals surface area (Å²) < 4.78 is 10.4. The molecule has 1 amide bonds. The lowest BCUT2D eigenvalue weighted by Gasteiger charge is -2.20. The van der Waals surface area contributed by atoms with Crippen molar-refractivity contribution in [1.29, 1.82) is 0 Å². The Bertz CT molecular complexity index is 825. The summed E-state index contributed by atoms with van der Waals surface area (Å²) in [6, 6.07) is 6.90. The van der Waals surface area contributed by atoms with E-state index in [-0.39, 0.29) is 11.9 Å². The Balaban J connectivity index is 1.90. The number of hydrogen-bond acceptors (Lipinski definition) is 5. The number of ether oxygens (including phenoxy) is 2. The number of carbonyl (C=O) groups excluding carboxylic acids is 2. The SMILES string of the molecule is CCOC(=O)c1c(NC(=O)c2ccc(OC)cc2)sc2c1CC[C@@H](CC)C2. The Morgan fingerprint density at radius 1 is 1.22 bits per heavy atom. The van der Waals surface area contributed by atoms with Gasteiger partial charge < -0.3 is 14.8 Å². The molecular formula is C21H25NO4S. The molecule has 1 aromatic heterocycles. The van der Waals surface area contributed by atoms with Crippen molar-refractivity contribution in [2.45, 2.75) is 39.5 Å². The number of nitrogens with one attached hydrogen (secondary N) is 1.